The third-order valence-corrected chi connectivity index (χ3v) is 8.50. The van der Waals surface area contributed by atoms with Crippen molar-refractivity contribution in [2.24, 2.45) is 23.2 Å². The molecule has 0 radical (unpaired) electrons. The molecule has 0 spiro atoms. The maximum Gasteiger partial charge on any atom is 0.379 e. The number of hydrogen-bond acceptors (Lipinski definition) is 7. The molecule has 2 atom stereocenters. The van der Waals surface area contributed by atoms with Crippen LogP contribution < -0.4 is 0 Å². The third-order valence-electron chi connectivity index (χ3n) is 6.26. The second kappa shape index (κ2) is 6.67. The summed E-state index contributed by atoms with van der Waals surface area (Å²) < 4.78 is 57.6. The van der Waals surface area contributed by atoms with Gasteiger partial charge < -0.3 is 4.74 Å². The normalized spacial score (nSPS) is 31.9. The minimum absolute atomic E-state index is 0.109. The van der Waals surface area contributed by atoms with Gasteiger partial charge in [-0.05, 0) is 51.9 Å². The zero-order valence-corrected chi connectivity index (χ0v) is 16.4. The number of esters is 1. The average Bonchev–Trinajstić information content (AvgIpc) is 2.55. The molecule has 4 aliphatic carbocycles. The monoisotopic (exact) mass is 420 g/mol. The number of ketones is 3. The Morgan fingerprint density at radius 1 is 1.11 bits per heavy atom. The Hall–Kier alpha value is -1.71. The number of halogens is 2. The van der Waals surface area contributed by atoms with Crippen LogP contribution in [0.15, 0.2) is 0 Å². The Balaban J connectivity index is 1.74. The van der Waals surface area contributed by atoms with Crippen LogP contribution in [-0.2, 0) is 33.8 Å². The predicted molar refractivity (Wildman–Crippen MR) is 91.0 cm³/mol. The lowest BCUT2D eigenvalue weighted by Gasteiger charge is -2.53. The van der Waals surface area contributed by atoms with Crippen LogP contribution in [0.4, 0.5) is 8.78 Å². The van der Waals surface area contributed by atoms with Gasteiger partial charge >= 0.3 is 11.2 Å². The highest BCUT2D eigenvalue weighted by Crippen LogP contribution is 2.59. The zero-order valence-electron chi connectivity index (χ0n) is 15.6. The van der Waals surface area contributed by atoms with E-state index in [0.717, 1.165) is 13.8 Å². The molecule has 0 aromatic heterocycles. The van der Waals surface area contributed by atoms with Gasteiger partial charge in [0.05, 0.1) is 5.41 Å². The van der Waals surface area contributed by atoms with Crippen molar-refractivity contribution >= 4 is 33.2 Å². The fraction of sp³-hybridized carbons (Fsp3) is 0.778. The van der Waals surface area contributed by atoms with Gasteiger partial charge in [-0.2, -0.15) is 8.78 Å². The van der Waals surface area contributed by atoms with Gasteiger partial charge in [0, 0.05) is 11.8 Å². The molecule has 0 aromatic carbocycles. The molecular weight excluding hydrogens is 398 g/mol. The average molecular weight is 420 g/mol. The molecule has 10 heteroatoms. The predicted octanol–water partition coefficient (Wildman–Crippen LogP) is 1.48. The van der Waals surface area contributed by atoms with Crippen molar-refractivity contribution in [2.45, 2.75) is 56.5 Å². The van der Waals surface area contributed by atoms with Crippen molar-refractivity contribution in [3.05, 3.63) is 0 Å². The quantitative estimate of drug-likeness (QED) is 0.453. The van der Waals surface area contributed by atoms with Crippen LogP contribution in [0.5, 0.6) is 0 Å². The summed E-state index contributed by atoms with van der Waals surface area (Å²) >= 11 is 0. The van der Waals surface area contributed by atoms with Gasteiger partial charge in [0.25, 0.3) is 0 Å². The first-order valence-corrected chi connectivity index (χ1v) is 10.7. The van der Waals surface area contributed by atoms with Gasteiger partial charge in [-0.3, -0.25) is 19.2 Å². The summed E-state index contributed by atoms with van der Waals surface area (Å²) in [5, 5.41) is -7.08. The van der Waals surface area contributed by atoms with Crippen LogP contribution in [0.1, 0.15) is 46.0 Å². The maximum atomic E-state index is 14.3. The molecule has 2 unspecified atom stereocenters. The van der Waals surface area contributed by atoms with Crippen LogP contribution in [0, 0.1) is 23.2 Å². The van der Waals surface area contributed by atoms with E-state index in [1.165, 1.54) is 0 Å². The lowest BCUT2D eigenvalue weighted by molar-refractivity contribution is -0.178. The fourth-order valence-corrected chi connectivity index (χ4v) is 6.72. The van der Waals surface area contributed by atoms with Crippen molar-refractivity contribution in [3.8, 4) is 0 Å². The summed E-state index contributed by atoms with van der Waals surface area (Å²) in [5.41, 5.74) is -1.04. The molecule has 4 aliphatic rings. The smallest absolute Gasteiger partial charge is 0.379 e. The number of hydrogen-bond donors (Lipinski definition) is 0. The SMILES string of the molecule is CC(=O)C(C(C)=O)S(=O)(=O)C(F)(F)COC(=O)C12CC3CC(C1)C(=O)C(C3)C2. The van der Waals surface area contributed by atoms with Crippen molar-refractivity contribution in [2.75, 3.05) is 6.61 Å². The molecule has 0 saturated heterocycles. The molecule has 28 heavy (non-hydrogen) atoms. The number of carbonyl (C=O) groups is 4. The second-order valence-electron chi connectivity index (χ2n) is 8.39. The number of ether oxygens (including phenoxy) is 1. The van der Waals surface area contributed by atoms with Crippen LogP contribution in [0.25, 0.3) is 0 Å². The largest absolute Gasteiger partial charge is 0.458 e. The minimum Gasteiger partial charge on any atom is -0.458 e. The molecule has 0 aromatic rings. The van der Waals surface area contributed by atoms with E-state index in [9.17, 15) is 36.4 Å². The molecule has 0 heterocycles. The minimum atomic E-state index is -5.52. The molecule has 4 rings (SSSR count). The zero-order chi connectivity index (χ0) is 21.1. The highest BCUT2D eigenvalue weighted by molar-refractivity contribution is 7.94. The van der Waals surface area contributed by atoms with E-state index >= 15 is 0 Å². The molecule has 0 N–H and O–H groups in total. The van der Waals surface area contributed by atoms with E-state index in [1.807, 2.05) is 0 Å². The molecule has 4 fully saturated rings. The van der Waals surface area contributed by atoms with Crippen molar-refractivity contribution in [1.82, 2.24) is 0 Å². The van der Waals surface area contributed by atoms with Gasteiger partial charge in [0.15, 0.2) is 23.4 Å². The fourth-order valence-electron chi connectivity index (χ4n) is 5.28. The van der Waals surface area contributed by atoms with Gasteiger partial charge in [-0.15, -0.1) is 0 Å². The number of alkyl halides is 2. The number of sulfone groups is 1. The highest BCUT2D eigenvalue weighted by Gasteiger charge is 2.60. The second-order valence-corrected chi connectivity index (χ2v) is 10.5. The summed E-state index contributed by atoms with van der Waals surface area (Å²) in [6, 6.07) is 0. The standard InChI is InChI=1S/C18H22F2O7S/c1-9(21)15(10(2)22)28(25,26)18(19,20)8-27-16(24)17-5-11-3-12(6-17)14(23)13(4-11)7-17/h11-13,15H,3-8H2,1-2H3. The van der Waals surface area contributed by atoms with E-state index in [2.05, 4.69) is 0 Å². The summed E-state index contributed by atoms with van der Waals surface area (Å²) in [4.78, 5) is 47.6. The van der Waals surface area contributed by atoms with Gasteiger partial charge in [0.1, 0.15) is 5.78 Å². The first-order chi connectivity index (χ1) is 12.8. The molecule has 0 aliphatic heterocycles. The summed E-state index contributed by atoms with van der Waals surface area (Å²) in [7, 11) is -5.52. The Kier molecular flexibility index (Phi) is 5.01. The van der Waals surface area contributed by atoms with Crippen LogP contribution >= 0.6 is 0 Å². The Labute approximate surface area is 161 Å². The Morgan fingerprint density at radius 3 is 2.07 bits per heavy atom. The molecule has 7 nitrogen and oxygen atoms in total. The van der Waals surface area contributed by atoms with Gasteiger partial charge in [-0.1, -0.05) is 0 Å². The van der Waals surface area contributed by atoms with E-state index < -0.39 is 49.9 Å². The molecule has 156 valence electrons. The van der Waals surface area contributed by atoms with E-state index in [1.54, 1.807) is 0 Å². The van der Waals surface area contributed by atoms with E-state index in [0.29, 0.717) is 19.3 Å². The lowest BCUT2D eigenvalue weighted by Crippen LogP contribution is -2.55. The van der Waals surface area contributed by atoms with Crippen LogP contribution in [0.2, 0.25) is 0 Å². The van der Waals surface area contributed by atoms with Crippen LogP contribution in [-0.4, -0.2) is 48.8 Å². The molecule has 4 bridgehead atoms. The van der Waals surface area contributed by atoms with Gasteiger partial charge in [-0.25, -0.2) is 8.42 Å². The topological polar surface area (TPSA) is 112 Å². The molecular formula is C18H22F2O7S. The first kappa shape index (κ1) is 21.0. The Morgan fingerprint density at radius 2 is 1.61 bits per heavy atom. The van der Waals surface area contributed by atoms with Crippen molar-refractivity contribution in [1.29, 1.82) is 0 Å². The lowest BCUT2D eigenvalue weighted by atomic mass is 9.49. The van der Waals surface area contributed by atoms with Crippen molar-refractivity contribution in [3.63, 3.8) is 0 Å². The summed E-state index contributed by atoms with van der Waals surface area (Å²) in [6.45, 7) is -0.294. The maximum absolute atomic E-state index is 14.3. The third kappa shape index (κ3) is 3.19. The number of carbonyl (C=O) groups excluding carboxylic acids is 4. The summed E-state index contributed by atoms with van der Waals surface area (Å²) in [5.74, 6) is -3.66. The van der Waals surface area contributed by atoms with E-state index in [4.69, 9.17) is 4.74 Å². The van der Waals surface area contributed by atoms with E-state index in [-0.39, 0.29) is 36.4 Å². The Bertz CT molecular complexity index is 816. The van der Waals surface area contributed by atoms with Crippen molar-refractivity contribution < 1.29 is 41.1 Å². The summed E-state index contributed by atoms with van der Waals surface area (Å²) in [6.07, 6.45) is 2.29. The molecule has 0 amide bonds. The van der Waals surface area contributed by atoms with Crippen LogP contribution in [0.3, 0.4) is 0 Å². The first-order valence-electron chi connectivity index (χ1n) is 9.14. The molecule has 4 saturated carbocycles. The number of rotatable bonds is 7. The van der Waals surface area contributed by atoms with Gasteiger partial charge in [0.2, 0.25) is 9.84 Å². The highest BCUT2D eigenvalue weighted by atomic mass is 32.2. The number of Topliss-reactive ketones (excluding diaryl/α,β-unsaturated/α-hetero) is 3.